The van der Waals surface area contributed by atoms with Crippen molar-refractivity contribution in [1.82, 2.24) is 10.2 Å². The van der Waals surface area contributed by atoms with E-state index in [4.69, 9.17) is 0 Å². The van der Waals surface area contributed by atoms with E-state index in [1.54, 1.807) is 0 Å². The minimum absolute atomic E-state index is 0.467. The van der Waals surface area contributed by atoms with Gasteiger partial charge in [-0.1, -0.05) is 20.3 Å². The van der Waals surface area contributed by atoms with Gasteiger partial charge in [0.05, 0.1) is 0 Å². The molecule has 2 atom stereocenters. The first-order valence-corrected chi connectivity index (χ1v) is 7.87. The van der Waals surface area contributed by atoms with Gasteiger partial charge >= 0.3 is 5.97 Å². The van der Waals surface area contributed by atoms with Crippen molar-refractivity contribution in [1.29, 1.82) is 0 Å². The Morgan fingerprint density at radius 3 is 2.58 bits per heavy atom. The van der Waals surface area contributed by atoms with E-state index >= 15 is 0 Å². The van der Waals surface area contributed by atoms with Crippen molar-refractivity contribution < 1.29 is 9.90 Å². The van der Waals surface area contributed by atoms with Crippen LogP contribution in [0.15, 0.2) is 0 Å². The van der Waals surface area contributed by atoms with E-state index in [1.807, 2.05) is 6.92 Å². The first kappa shape index (κ1) is 14.8. The molecule has 0 radical (unpaired) electrons. The fourth-order valence-corrected chi connectivity index (χ4v) is 3.48. The van der Waals surface area contributed by atoms with Gasteiger partial charge in [0, 0.05) is 12.1 Å². The average Bonchev–Trinajstić information content (AvgIpc) is 3.12. The summed E-state index contributed by atoms with van der Waals surface area (Å²) in [6.07, 6.45) is 7.64. The van der Waals surface area contributed by atoms with E-state index in [2.05, 4.69) is 17.1 Å². The second-order valence-corrected chi connectivity index (χ2v) is 6.14. The SMILES string of the molecule is CCCCN(C1CC1)C1CCC(NCC)(C(=O)O)C1. The molecule has 4 heteroatoms. The third-order valence-corrected chi connectivity index (χ3v) is 4.67. The lowest BCUT2D eigenvalue weighted by atomic mass is 9.97. The number of likely N-dealkylation sites (N-methyl/N-ethyl adjacent to an activating group) is 1. The maximum Gasteiger partial charge on any atom is 0.323 e. The summed E-state index contributed by atoms with van der Waals surface area (Å²) in [5.41, 5.74) is -0.668. The van der Waals surface area contributed by atoms with Gasteiger partial charge in [-0.15, -0.1) is 0 Å². The smallest absolute Gasteiger partial charge is 0.323 e. The highest BCUT2D eigenvalue weighted by atomic mass is 16.4. The topological polar surface area (TPSA) is 52.6 Å². The number of nitrogens with zero attached hydrogens (tertiary/aromatic N) is 1. The van der Waals surface area contributed by atoms with Crippen LogP contribution in [-0.2, 0) is 4.79 Å². The summed E-state index contributed by atoms with van der Waals surface area (Å²) in [5.74, 6) is -0.664. The average molecular weight is 268 g/mol. The number of carboxylic acid groups (broad SMARTS) is 1. The molecule has 0 heterocycles. The Morgan fingerprint density at radius 1 is 1.32 bits per heavy atom. The number of carboxylic acids is 1. The molecular weight excluding hydrogens is 240 g/mol. The number of unbranched alkanes of at least 4 members (excludes halogenated alkanes) is 1. The molecule has 0 amide bonds. The molecule has 4 nitrogen and oxygen atoms in total. The normalized spacial score (nSPS) is 31.0. The number of hydrogen-bond acceptors (Lipinski definition) is 3. The second-order valence-electron chi connectivity index (χ2n) is 6.14. The summed E-state index contributed by atoms with van der Waals surface area (Å²) in [7, 11) is 0. The standard InChI is InChI=1S/C15H28N2O2/c1-3-5-10-17(12-6-7-12)13-8-9-15(11-13,14(18)19)16-4-2/h12-13,16H,3-11H2,1-2H3,(H,18,19). The minimum Gasteiger partial charge on any atom is -0.480 e. The zero-order valence-corrected chi connectivity index (χ0v) is 12.3. The minimum atomic E-state index is -0.668. The molecule has 0 aromatic carbocycles. The lowest BCUT2D eigenvalue weighted by Gasteiger charge is -2.31. The fraction of sp³-hybridized carbons (Fsp3) is 0.933. The van der Waals surface area contributed by atoms with Gasteiger partial charge in [-0.2, -0.15) is 0 Å². The lowest BCUT2D eigenvalue weighted by Crippen LogP contribution is -2.51. The van der Waals surface area contributed by atoms with Gasteiger partial charge in [0.1, 0.15) is 5.54 Å². The molecular formula is C15H28N2O2. The zero-order chi connectivity index (χ0) is 13.9. The summed E-state index contributed by atoms with van der Waals surface area (Å²) in [6, 6.07) is 1.21. The lowest BCUT2D eigenvalue weighted by molar-refractivity contribution is -0.144. The molecule has 2 aliphatic carbocycles. The maximum atomic E-state index is 11.6. The molecule has 0 aliphatic heterocycles. The van der Waals surface area contributed by atoms with Crippen LogP contribution in [0.3, 0.4) is 0 Å². The van der Waals surface area contributed by atoms with Gasteiger partial charge in [-0.25, -0.2) is 0 Å². The van der Waals surface area contributed by atoms with Crippen molar-refractivity contribution in [3.8, 4) is 0 Å². The van der Waals surface area contributed by atoms with E-state index in [-0.39, 0.29) is 0 Å². The Bertz CT molecular complexity index is 317. The number of hydrogen-bond donors (Lipinski definition) is 2. The van der Waals surface area contributed by atoms with Crippen molar-refractivity contribution in [2.24, 2.45) is 0 Å². The van der Waals surface area contributed by atoms with Crippen LogP contribution in [0, 0.1) is 0 Å². The van der Waals surface area contributed by atoms with Crippen LogP contribution in [0.1, 0.15) is 58.8 Å². The molecule has 2 fully saturated rings. The molecule has 0 spiro atoms. The van der Waals surface area contributed by atoms with Crippen molar-refractivity contribution >= 4 is 5.97 Å². The van der Waals surface area contributed by atoms with Gasteiger partial charge in [0.25, 0.3) is 0 Å². The van der Waals surface area contributed by atoms with Crippen molar-refractivity contribution in [2.75, 3.05) is 13.1 Å². The largest absolute Gasteiger partial charge is 0.480 e. The molecule has 0 aromatic rings. The van der Waals surface area contributed by atoms with Crippen LogP contribution in [0.25, 0.3) is 0 Å². The Morgan fingerprint density at radius 2 is 2.05 bits per heavy atom. The second kappa shape index (κ2) is 6.23. The highest BCUT2D eigenvalue weighted by molar-refractivity contribution is 5.79. The van der Waals surface area contributed by atoms with Gasteiger partial charge in [-0.05, 0) is 51.6 Å². The van der Waals surface area contributed by atoms with Crippen molar-refractivity contribution in [3.63, 3.8) is 0 Å². The van der Waals surface area contributed by atoms with E-state index in [0.29, 0.717) is 6.04 Å². The fourth-order valence-electron chi connectivity index (χ4n) is 3.48. The molecule has 110 valence electrons. The van der Waals surface area contributed by atoms with Crippen LogP contribution in [-0.4, -0.2) is 46.7 Å². The molecule has 2 rings (SSSR count). The predicted molar refractivity (Wildman–Crippen MR) is 76.3 cm³/mol. The van der Waals surface area contributed by atoms with Gasteiger partial charge in [0.15, 0.2) is 0 Å². The highest BCUT2D eigenvalue weighted by Crippen LogP contribution is 2.38. The summed E-state index contributed by atoms with van der Waals surface area (Å²) in [4.78, 5) is 14.2. The molecule has 2 unspecified atom stereocenters. The molecule has 0 bridgehead atoms. The number of nitrogens with one attached hydrogen (secondary N) is 1. The van der Waals surface area contributed by atoms with Gasteiger partial charge < -0.3 is 10.4 Å². The zero-order valence-electron chi connectivity index (χ0n) is 12.3. The summed E-state index contributed by atoms with van der Waals surface area (Å²) in [5, 5.41) is 12.8. The van der Waals surface area contributed by atoms with Crippen LogP contribution >= 0.6 is 0 Å². The van der Waals surface area contributed by atoms with Gasteiger partial charge in [-0.3, -0.25) is 9.69 Å². The number of carbonyl (C=O) groups is 1. The van der Waals surface area contributed by atoms with Crippen LogP contribution in [0.4, 0.5) is 0 Å². The third kappa shape index (κ3) is 3.29. The summed E-state index contributed by atoms with van der Waals surface area (Å²) < 4.78 is 0. The molecule has 0 aromatic heterocycles. The predicted octanol–water partition coefficient (Wildman–Crippen LogP) is 2.24. The van der Waals surface area contributed by atoms with E-state index < -0.39 is 11.5 Å². The Labute approximate surface area is 116 Å². The van der Waals surface area contributed by atoms with Crippen LogP contribution in [0.2, 0.25) is 0 Å². The Balaban J connectivity index is 1.99. The molecule has 2 N–H and O–H groups in total. The monoisotopic (exact) mass is 268 g/mol. The summed E-state index contributed by atoms with van der Waals surface area (Å²) in [6.45, 7) is 6.10. The van der Waals surface area contributed by atoms with E-state index in [1.165, 1.54) is 25.7 Å². The number of rotatable bonds is 8. The van der Waals surface area contributed by atoms with Crippen LogP contribution < -0.4 is 5.32 Å². The summed E-state index contributed by atoms with van der Waals surface area (Å²) >= 11 is 0. The Hall–Kier alpha value is -0.610. The van der Waals surface area contributed by atoms with Crippen molar-refractivity contribution in [2.45, 2.75) is 76.4 Å². The maximum absolute atomic E-state index is 11.6. The quantitative estimate of drug-likeness (QED) is 0.709. The van der Waals surface area contributed by atoms with Gasteiger partial charge in [0.2, 0.25) is 0 Å². The molecule has 0 saturated heterocycles. The first-order chi connectivity index (χ1) is 9.13. The highest BCUT2D eigenvalue weighted by Gasteiger charge is 2.48. The third-order valence-electron chi connectivity index (χ3n) is 4.67. The first-order valence-electron chi connectivity index (χ1n) is 7.87. The Kier molecular flexibility index (Phi) is 4.85. The van der Waals surface area contributed by atoms with Crippen LogP contribution in [0.5, 0.6) is 0 Å². The van der Waals surface area contributed by atoms with E-state index in [0.717, 1.165) is 38.4 Å². The molecule has 2 saturated carbocycles. The van der Waals surface area contributed by atoms with E-state index in [9.17, 15) is 9.90 Å². The number of aliphatic carboxylic acids is 1. The molecule has 2 aliphatic rings. The molecule has 19 heavy (non-hydrogen) atoms. The van der Waals surface area contributed by atoms with Crippen molar-refractivity contribution in [3.05, 3.63) is 0 Å².